The van der Waals surface area contributed by atoms with Gasteiger partial charge in [-0.25, -0.2) is 8.78 Å². The van der Waals surface area contributed by atoms with Gasteiger partial charge in [0.25, 0.3) is 0 Å². The number of nitrogens with zero attached hydrogens (tertiary/aromatic N) is 1. The number of carbonyl (C=O) groups excluding carboxylic acids is 1. The summed E-state index contributed by atoms with van der Waals surface area (Å²) >= 11 is 0. The average Bonchev–Trinajstić information content (AvgIpc) is 2.85. The molecule has 2 fully saturated rings. The summed E-state index contributed by atoms with van der Waals surface area (Å²) < 4.78 is 38.8. The molecule has 3 atom stereocenters. The van der Waals surface area contributed by atoms with E-state index in [2.05, 4.69) is 0 Å². The molecule has 2 saturated heterocycles. The van der Waals surface area contributed by atoms with Gasteiger partial charge in [-0.3, -0.25) is 9.36 Å². The molecule has 2 aliphatic rings. The van der Waals surface area contributed by atoms with Gasteiger partial charge in [0.1, 0.15) is 17.3 Å². The van der Waals surface area contributed by atoms with Crippen molar-refractivity contribution in [1.29, 1.82) is 0 Å². The van der Waals surface area contributed by atoms with E-state index >= 15 is 0 Å². The quantitative estimate of drug-likeness (QED) is 0.816. The average molecular weight is 331 g/mol. The number of hydrogen-bond acceptors (Lipinski definition) is 2. The standard InChI is InChI=1S/C14H16F2NO4P/c15-8-1-4-11(16)10(7-8)12-5-2-9-3-6-13(22(19,20)21)14(18)17(9)12/h1,4,7,9,12-13H,2-3,5-6H2,(H2,19,20,21)/t9-,12+,13?/m1/s1. The highest BCUT2D eigenvalue weighted by Gasteiger charge is 2.49. The van der Waals surface area contributed by atoms with Crippen LogP contribution in [0, 0.1) is 11.6 Å². The lowest BCUT2D eigenvalue weighted by molar-refractivity contribution is -0.136. The molecule has 0 radical (unpaired) electrons. The zero-order valence-corrected chi connectivity index (χ0v) is 12.5. The van der Waals surface area contributed by atoms with Crippen LogP contribution in [0.15, 0.2) is 18.2 Å². The summed E-state index contributed by atoms with van der Waals surface area (Å²) in [5.41, 5.74) is -1.30. The Balaban J connectivity index is 1.96. The third-order valence-corrected chi connectivity index (χ3v) is 5.83. The van der Waals surface area contributed by atoms with E-state index in [9.17, 15) is 27.9 Å². The van der Waals surface area contributed by atoms with Gasteiger partial charge in [-0.05, 0) is 43.9 Å². The summed E-state index contributed by atoms with van der Waals surface area (Å²) in [5.74, 6) is -1.87. The summed E-state index contributed by atoms with van der Waals surface area (Å²) in [4.78, 5) is 32.4. The molecule has 2 aliphatic heterocycles. The molecule has 120 valence electrons. The predicted molar refractivity (Wildman–Crippen MR) is 74.0 cm³/mol. The van der Waals surface area contributed by atoms with Crippen molar-refractivity contribution in [2.45, 2.75) is 43.4 Å². The Hall–Kier alpha value is -1.30. The first-order chi connectivity index (χ1) is 10.3. The van der Waals surface area contributed by atoms with Crippen molar-refractivity contribution in [3.8, 4) is 0 Å². The van der Waals surface area contributed by atoms with Crippen molar-refractivity contribution < 1.29 is 27.9 Å². The molecule has 22 heavy (non-hydrogen) atoms. The molecular weight excluding hydrogens is 315 g/mol. The Morgan fingerprint density at radius 2 is 1.82 bits per heavy atom. The van der Waals surface area contributed by atoms with Crippen LogP contribution in [0.4, 0.5) is 8.78 Å². The molecule has 1 unspecified atom stereocenters. The van der Waals surface area contributed by atoms with E-state index in [1.807, 2.05) is 0 Å². The highest BCUT2D eigenvalue weighted by molar-refractivity contribution is 7.53. The van der Waals surface area contributed by atoms with Crippen molar-refractivity contribution in [1.82, 2.24) is 4.90 Å². The first-order valence-electron chi connectivity index (χ1n) is 7.11. The Labute approximate surface area is 126 Å². The number of hydrogen-bond donors (Lipinski definition) is 2. The van der Waals surface area contributed by atoms with Crippen molar-refractivity contribution in [2.24, 2.45) is 0 Å². The molecule has 5 nitrogen and oxygen atoms in total. The Bertz CT molecular complexity index is 662. The zero-order chi connectivity index (χ0) is 16.1. The van der Waals surface area contributed by atoms with Gasteiger partial charge in [0.05, 0.1) is 6.04 Å². The van der Waals surface area contributed by atoms with Crippen molar-refractivity contribution in [2.75, 3.05) is 0 Å². The molecule has 0 spiro atoms. The van der Waals surface area contributed by atoms with E-state index in [0.717, 1.165) is 18.2 Å². The molecule has 2 heterocycles. The maximum atomic E-state index is 14.0. The first kappa shape index (κ1) is 15.6. The number of rotatable bonds is 2. The minimum Gasteiger partial charge on any atom is -0.332 e. The van der Waals surface area contributed by atoms with E-state index in [1.165, 1.54) is 4.90 Å². The molecule has 0 aliphatic carbocycles. The Kier molecular flexibility index (Phi) is 3.83. The predicted octanol–water partition coefficient (Wildman–Crippen LogP) is 2.34. The monoisotopic (exact) mass is 331 g/mol. The number of benzene rings is 1. The second kappa shape index (κ2) is 5.41. The van der Waals surface area contributed by atoms with Crippen LogP contribution in [0.3, 0.4) is 0 Å². The number of piperidine rings is 1. The van der Waals surface area contributed by atoms with Gasteiger partial charge < -0.3 is 14.7 Å². The minimum atomic E-state index is -4.55. The van der Waals surface area contributed by atoms with Crippen molar-refractivity contribution >= 4 is 13.5 Å². The molecule has 2 N–H and O–H groups in total. The lowest BCUT2D eigenvalue weighted by Gasteiger charge is -2.38. The molecule has 0 saturated carbocycles. The zero-order valence-electron chi connectivity index (χ0n) is 11.7. The van der Waals surface area contributed by atoms with Crippen LogP contribution in [0.5, 0.6) is 0 Å². The summed E-state index contributed by atoms with van der Waals surface area (Å²) in [6.45, 7) is 0. The lowest BCUT2D eigenvalue weighted by Crippen LogP contribution is -2.47. The van der Waals surface area contributed by atoms with E-state index in [0.29, 0.717) is 19.3 Å². The van der Waals surface area contributed by atoms with E-state index in [-0.39, 0.29) is 18.0 Å². The van der Waals surface area contributed by atoms with E-state index < -0.39 is 36.8 Å². The van der Waals surface area contributed by atoms with Crippen LogP contribution in [0.1, 0.15) is 37.3 Å². The SMILES string of the molecule is O=C1C(P(=O)(O)O)CC[C@H]2CC[C@@H](c3cc(F)ccc3F)N12. The first-order valence-corrected chi connectivity index (χ1v) is 8.79. The second-order valence-corrected chi connectivity index (χ2v) is 7.64. The highest BCUT2D eigenvalue weighted by atomic mass is 31.2. The number of carbonyl (C=O) groups is 1. The summed E-state index contributed by atoms with van der Waals surface area (Å²) in [6, 6.07) is 2.23. The Morgan fingerprint density at radius 3 is 2.50 bits per heavy atom. The van der Waals surface area contributed by atoms with Crippen LogP contribution < -0.4 is 0 Å². The summed E-state index contributed by atoms with van der Waals surface area (Å²) in [6.07, 6.45) is 1.68. The minimum absolute atomic E-state index is 0.0715. The molecule has 1 amide bonds. The molecular formula is C14H16F2NO4P. The van der Waals surface area contributed by atoms with E-state index in [4.69, 9.17) is 0 Å². The fourth-order valence-corrected chi connectivity index (χ4v) is 4.44. The van der Waals surface area contributed by atoms with Crippen molar-refractivity contribution in [3.05, 3.63) is 35.4 Å². The van der Waals surface area contributed by atoms with Crippen LogP contribution in [0.2, 0.25) is 0 Å². The third-order valence-electron chi connectivity index (χ3n) is 4.54. The number of amides is 1. The molecule has 0 bridgehead atoms. The molecule has 0 aromatic heterocycles. The highest BCUT2D eigenvalue weighted by Crippen LogP contribution is 2.51. The molecule has 1 aromatic carbocycles. The third kappa shape index (κ3) is 2.57. The molecule has 1 aromatic rings. The fourth-order valence-electron chi connectivity index (χ4n) is 3.53. The normalized spacial score (nSPS) is 28.8. The van der Waals surface area contributed by atoms with Gasteiger partial charge in [0.2, 0.25) is 5.91 Å². The topological polar surface area (TPSA) is 77.8 Å². The van der Waals surface area contributed by atoms with Crippen LogP contribution in [-0.2, 0) is 9.36 Å². The maximum absolute atomic E-state index is 14.0. The van der Waals surface area contributed by atoms with E-state index in [1.54, 1.807) is 0 Å². The molecule has 3 rings (SSSR count). The van der Waals surface area contributed by atoms with Crippen LogP contribution in [0.25, 0.3) is 0 Å². The molecule has 8 heteroatoms. The number of halogens is 2. The maximum Gasteiger partial charge on any atom is 0.337 e. The van der Waals surface area contributed by atoms with Gasteiger partial charge in [0.15, 0.2) is 0 Å². The van der Waals surface area contributed by atoms with Crippen molar-refractivity contribution in [3.63, 3.8) is 0 Å². The van der Waals surface area contributed by atoms with Gasteiger partial charge in [-0.15, -0.1) is 0 Å². The lowest BCUT2D eigenvalue weighted by atomic mass is 10.0. The second-order valence-electron chi connectivity index (χ2n) is 5.84. The van der Waals surface area contributed by atoms with Crippen LogP contribution in [-0.4, -0.2) is 32.3 Å². The Morgan fingerprint density at radius 1 is 1.14 bits per heavy atom. The number of fused-ring (bicyclic) bond motifs is 1. The van der Waals surface area contributed by atoms with Gasteiger partial charge in [-0.1, -0.05) is 0 Å². The van der Waals surface area contributed by atoms with Crippen LogP contribution >= 0.6 is 7.60 Å². The summed E-state index contributed by atoms with van der Waals surface area (Å²) in [5, 5.41) is 0. The van der Waals surface area contributed by atoms with Gasteiger partial charge in [-0.2, -0.15) is 0 Å². The van der Waals surface area contributed by atoms with Gasteiger partial charge >= 0.3 is 7.60 Å². The fraction of sp³-hybridized carbons (Fsp3) is 0.500. The smallest absolute Gasteiger partial charge is 0.332 e. The largest absolute Gasteiger partial charge is 0.337 e. The summed E-state index contributed by atoms with van der Waals surface area (Å²) in [7, 11) is -4.55. The van der Waals surface area contributed by atoms with Gasteiger partial charge in [0, 0.05) is 11.6 Å².